The van der Waals surface area contributed by atoms with Crippen LogP contribution in [0.3, 0.4) is 0 Å². The summed E-state index contributed by atoms with van der Waals surface area (Å²) in [5.74, 6) is 0.579. The van der Waals surface area contributed by atoms with Gasteiger partial charge in [0, 0.05) is 12.8 Å². The number of methoxy groups -OCH3 is 1. The largest absolute Gasteiger partial charge is 0.510 e. The van der Waals surface area contributed by atoms with Crippen molar-refractivity contribution in [3.8, 4) is 5.75 Å². The molecule has 0 spiro atoms. The molecule has 17 heavy (non-hydrogen) atoms. The molecular formula is C12H12N2O3. The van der Waals surface area contributed by atoms with Gasteiger partial charge in [0.2, 0.25) is 0 Å². The van der Waals surface area contributed by atoms with Gasteiger partial charge in [0.15, 0.2) is 11.5 Å². The molecule has 0 heterocycles. The van der Waals surface area contributed by atoms with Crippen LogP contribution in [0.5, 0.6) is 5.75 Å². The predicted molar refractivity (Wildman–Crippen MR) is 61.4 cm³/mol. The lowest BCUT2D eigenvalue weighted by molar-refractivity contribution is -0.114. The quantitative estimate of drug-likeness (QED) is 0.814. The summed E-state index contributed by atoms with van der Waals surface area (Å²) in [6.45, 7) is 0. The third-order valence-corrected chi connectivity index (χ3v) is 2.46. The average Bonchev–Trinajstić information content (AvgIpc) is 2.67. The molecule has 1 aliphatic rings. The number of carbonyl (C=O) groups is 1. The molecule has 0 fully saturated rings. The molecule has 1 aromatic rings. The summed E-state index contributed by atoms with van der Waals surface area (Å²) in [6.07, 6.45) is 0.665. The molecular weight excluding hydrogens is 220 g/mol. The number of Topliss-reactive ketones (excluding diaryl/α,β-unsaturated/α-hetero) is 1. The van der Waals surface area contributed by atoms with E-state index in [-0.39, 0.29) is 17.2 Å². The first-order valence-corrected chi connectivity index (χ1v) is 5.22. The maximum absolute atomic E-state index is 11.3. The van der Waals surface area contributed by atoms with Crippen LogP contribution in [0.1, 0.15) is 12.8 Å². The first kappa shape index (κ1) is 11.3. The summed E-state index contributed by atoms with van der Waals surface area (Å²) < 4.78 is 5.01. The van der Waals surface area contributed by atoms with Crippen LogP contribution in [0.2, 0.25) is 0 Å². The number of benzene rings is 1. The van der Waals surface area contributed by atoms with Crippen molar-refractivity contribution >= 4 is 11.5 Å². The molecule has 0 unspecified atom stereocenters. The van der Waals surface area contributed by atoms with Gasteiger partial charge in [-0.2, -0.15) is 5.11 Å². The van der Waals surface area contributed by atoms with Crippen molar-refractivity contribution in [1.82, 2.24) is 0 Å². The van der Waals surface area contributed by atoms with Gasteiger partial charge in [0.25, 0.3) is 0 Å². The summed E-state index contributed by atoms with van der Waals surface area (Å²) in [6, 6.07) is 6.94. The van der Waals surface area contributed by atoms with Crippen LogP contribution in [0.4, 0.5) is 5.69 Å². The lowest BCUT2D eigenvalue weighted by Crippen LogP contribution is -1.92. The van der Waals surface area contributed by atoms with Gasteiger partial charge in [-0.05, 0) is 24.3 Å². The molecule has 2 rings (SSSR count). The third-order valence-electron chi connectivity index (χ3n) is 2.46. The number of hydrogen-bond donors (Lipinski definition) is 1. The lowest BCUT2D eigenvalue weighted by atomic mass is 10.3. The van der Waals surface area contributed by atoms with Crippen LogP contribution >= 0.6 is 0 Å². The Hall–Kier alpha value is -2.17. The van der Waals surface area contributed by atoms with Crippen LogP contribution in [0.25, 0.3) is 0 Å². The Morgan fingerprint density at radius 2 is 1.88 bits per heavy atom. The van der Waals surface area contributed by atoms with Gasteiger partial charge in [-0.1, -0.05) is 0 Å². The number of allylic oxidation sites excluding steroid dienone is 2. The first-order valence-electron chi connectivity index (χ1n) is 5.22. The van der Waals surface area contributed by atoms with Gasteiger partial charge < -0.3 is 9.84 Å². The Morgan fingerprint density at radius 3 is 2.41 bits per heavy atom. The minimum atomic E-state index is -0.167. The molecule has 0 atom stereocenters. The molecule has 5 nitrogen and oxygen atoms in total. The maximum atomic E-state index is 11.3. The fourth-order valence-electron chi connectivity index (χ4n) is 1.50. The lowest BCUT2D eigenvalue weighted by Gasteiger charge is -1.98. The first-order chi connectivity index (χ1) is 8.20. The molecule has 5 heteroatoms. The standard InChI is InChI=1S/C12H12N2O3/c1-17-9-4-2-8(3-5-9)13-14-12-10(15)6-7-11(12)16/h2-5,15H,6-7H2,1H3. The number of nitrogens with zero attached hydrogens (tertiary/aromatic N) is 2. The summed E-state index contributed by atoms with van der Waals surface area (Å²) in [5, 5.41) is 17.1. The summed E-state index contributed by atoms with van der Waals surface area (Å²) in [7, 11) is 1.58. The Kier molecular flexibility index (Phi) is 3.18. The van der Waals surface area contributed by atoms with Crippen molar-refractivity contribution in [3.63, 3.8) is 0 Å². The van der Waals surface area contributed by atoms with E-state index in [9.17, 15) is 9.90 Å². The van der Waals surface area contributed by atoms with Crippen LogP contribution in [0, 0.1) is 0 Å². The van der Waals surface area contributed by atoms with Crippen molar-refractivity contribution in [2.45, 2.75) is 12.8 Å². The van der Waals surface area contributed by atoms with E-state index in [1.807, 2.05) is 0 Å². The molecule has 0 bridgehead atoms. The highest BCUT2D eigenvalue weighted by atomic mass is 16.5. The Morgan fingerprint density at radius 1 is 1.18 bits per heavy atom. The van der Waals surface area contributed by atoms with Crippen molar-refractivity contribution in [3.05, 3.63) is 35.7 Å². The predicted octanol–water partition coefficient (Wildman–Crippen LogP) is 2.91. The minimum absolute atomic E-state index is 0.0206. The molecule has 1 aliphatic carbocycles. The third kappa shape index (κ3) is 2.50. The fraction of sp³-hybridized carbons (Fsp3) is 0.250. The van der Waals surface area contributed by atoms with E-state index < -0.39 is 0 Å². The number of azo groups is 1. The van der Waals surface area contributed by atoms with Gasteiger partial charge in [-0.25, -0.2) is 0 Å². The Balaban J connectivity index is 2.15. The van der Waals surface area contributed by atoms with Gasteiger partial charge in [-0.3, -0.25) is 4.79 Å². The molecule has 0 aliphatic heterocycles. The van der Waals surface area contributed by atoms with E-state index in [1.165, 1.54) is 0 Å². The number of rotatable bonds is 3. The maximum Gasteiger partial charge on any atom is 0.186 e. The van der Waals surface area contributed by atoms with Crippen molar-refractivity contribution in [2.75, 3.05) is 7.11 Å². The molecule has 0 aromatic heterocycles. The number of ketones is 1. The average molecular weight is 232 g/mol. The summed E-state index contributed by atoms with van der Waals surface area (Å²) >= 11 is 0. The summed E-state index contributed by atoms with van der Waals surface area (Å²) in [5.41, 5.74) is 0.673. The van der Waals surface area contributed by atoms with Gasteiger partial charge >= 0.3 is 0 Å². The van der Waals surface area contributed by atoms with E-state index in [0.717, 1.165) is 5.75 Å². The van der Waals surface area contributed by atoms with Crippen LogP contribution in [-0.4, -0.2) is 18.0 Å². The Bertz CT molecular complexity index is 489. The van der Waals surface area contributed by atoms with E-state index in [0.29, 0.717) is 18.5 Å². The zero-order valence-corrected chi connectivity index (χ0v) is 9.38. The second kappa shape index (κ2) is 4.78. The van der Waals surface area contributed by atoms with Crippen molar-refractivity contribution in [2.24, 2.45) is 10.2 Å². The molecule has 0 saturated heterocycles. The highest BCUT2D eigenvalue weighted by Crippen LogP contribution is 2.24. The number of ether oxygens (including phenoxy) is 1. The monoisotopic (exact) mass is 232 g/mol. The van der Waals surface area contributed by atoms with Crippen molar-refractivity contribution < 1.29 is 14.6 Å². The van der Waals surface area contributed by atoms with Gasteiger partial charge in [-0.15, -0.1) is 5.11 Å². The summed E-state index contributed by atoms with van der Waals surface area (Å²) in [4.78, 5) is 11.3. The van der Waals surface area contributed by atoms with Crippen molar-refractivity contribution in [1.29, 1.82) is 0 Å². The van der Waals surface area contributed by atoms with E-state index in [1.54, 1.807) is 31.4 Å². The zero-order valence-electron chi connectivity index (χ0n) is 9.38. The molecule has 1 N–H and O–H groups in total. The number of aliphatic hydroxyl groups excluding tert-OH is 1. The molecule has 0 saturated carbocycles. The van der Waals surface area contributed by atoms with Crippen LogP contribution in [0.15, 0.2) is 46.0 Å². The molecule has 0 radical (unpaired) electrons. The van der Waals surface area contributed by atoms with E-state index in [2.05, 4.69) is 10.2 Å². The number of aliphatic hydroxyl groups is 1. The van der Waals surface area contributed by atoms with Crippen LogP contribution in [-0.2, 0) is 4.79 Å². The zero-order chi connectivity index (χ0) is 12.3. The molecule has 1 aromatic carbocycles. The fourth-order valence-corrected chi connectivity index (χ4v) is 1.50. The van der Waals surface area contributed by atoms with Gasteiger partial charge in [0.1, 0.15) is 11.5 Å². The van der Waals surface area contributed by atoms with E-state index in [4.69, 9.17) is 4.74 Å². The highest BCUT2D eigenvalue weighted by molar-refractivity contribution is 5.97. The normalized spacial score (nSPS) is 15.9. The smallest absolute Gasteiger partial charge is 0.186 e. The second-order valence-electron chi connectivity index (χ2n) is 3.62. The number of hydrogen-bond acceptors (Lipinski definition) is 5. The SMILES string of the molecule is COc1ccc(N=NC2=C(O)CCC2=O)cc1. The van der Waals surface area contributed by atoms with Crippen LogP contribution < -0.4 is 4.74 Å². The minimum Gasteiger partial charge on any atom is -0.510 e. The topological polar surface area (TPSA) is 71.2 Å². The van der Waals surface area contributed by atoms with Gasteiger partial charge in [0.05, 0.1) is 12.8 Å². The molecule has 88 valence electrons. The molecule has 0 amide bonds. The van der Waals surface area contributed by atoms with E-state index >= 15 is 0 Å². The second-order valence-corrected chi connectivity index (χ2v) is 3.62. The Labute approximate surface area is 98.4 Å². The highest BCUT2D eigenvalue weighted by Gasteiger charge is 2.22. The number of carbonyl (C=O) groups excluding carboxylic acids is 1.